The molecule has 0 saturated heterocycles. The van der Waals surface area contributed by atoms with Crippen LogP contribution in [0.25, 0.3) is 0 Å². The van der Waals surface area contributed by atoms with Crippen molar-refractivity contribution in [3.63, 3.8) is 0 Å². The number of esters is 1. The van der Waals surface area contributed by atoms with E-state index in [2.05, 4.69) is 4.74 Å². The number of hydrogen-bond donors (Lipinski definition) is 1. The van der Waals surface area contributed by atoms with Gasteiger partial charge in [-0.1, -0.05) is 18.2 Å². The van der Waals surface area contributed by atoms with Crippen LogP contribution in [0.2, 0.25) is 0 Å². The quantitative estimate of drug-likeness (QED) is 0.732. The van der Waals surface area contributed by atoms with Crippen LogP contribution in [-0.4, -0.2) is 24.2 Å². The molecule has 0 aliphatic rings. The highest BCUT2D eigenvalue weighted by molar-refractivity contribution is 5.91. The van der Waals surface area contributed by atoms with Gasteiger partial charge in [0.25, 0.3) is 0 Å². The summed E-state index contributed by atoms with van der Waals surface area (Å²) in [6, 6.07) is 6.36. The van der Waals surface area contributed by atoms with E-state index in [1.807, 2.05) is 0 Å². The van der Waals surface area contributed by atoms with E-state index >= 15 is 0 Å². The number of methoxy groups -OCH3 is 1. The van der Waals surface area contributed by atoms with Crippen LogP contribution in [-0.2, 0) is 16.0 Å². The molecule has 1 aromatic carbocycles. The number of carboxylic acids is 1. The lowest BCUT2D eigenvalue weighted by Crippen LogP contribution is -2.09. The lowest BCUT2D eigenvalue weighted by molar-refractivity contribution is -0.139. The molecule has 0 aliphatic carbocycles. The first kappa shape index (κ1) is 10.2. The molecule has 0 bridgehead atoms. The van der Waals surface area contributed by atoms with E-state index in [0.717, 1.165) is 0 Å². The zero-order valence-corrected chi connectivity index (χ0v) is 7.69. The number of aromatic carboxylic acids is 1. The van der Waals surface area contributed by atoms with Crippen LogP contribution in [0, 0.1) is 0 Å². The van der Waals surface area contributed by atoms with E-state index in [0.29, 0.717) is 5.56 Å². The van der Waals surface area contributed by atoms with Crippen molar-refractivity contribution in [2.45, 2.75) is 6.42 Å². The van der Waals surface area contributed by atoms with E-state index in [-0.39, 0.29) is 12.0 Å². The van der Waals surface area contributed by atoms with Gasteiger partial charge in [0.2, 0.25) is 0 Å². The van der Waals surface area contributed by atoms with Gasteiger partial charge in [-0.3, -0.25) is 4.79 Å². The number of carbonyl (C=O) groups is 2. The molecule has 74 valence electrons. The molecule has 1 aromatic rings. The molecule has 0 unspecified atom stereocenters. The Morgan fingerprint density at radius 1 is 1.36 bits per heavy atom. The van der Waals surface area contributed by atoms with Crippen molar-refractivity contribution in [3.05, 3.63) is 35.4 Å². The Labute approximate surface area is 81.1 Å². The Morgan fingerprint density at radius 2 is 2.00 bits per heavy atom. The van der Waals surface area contributed by atoms with Gasteiger partial charge in [-0.2, -0.15) is 0 Å². The number of carboxylic acid groups (broad SMARTS) is 1. The average Bonchev–Trinajstić information content (AvgIpc) is 2.18. The summed E-state index contributed by atoms with van der Waals surface area (Å²) in [5, 5.41) is 8.80. The van der Waals surface area contributed by atoms with Gasteiger partial charge in [-0.25, -0.2) is 4.79 Å². The first-order valence-electron chi connectivity index (χ1n) is 4.03. The minimum atomic E-state index is -1.04. The Hall–Kier alpha value is -1.84. The maximum Gasteiger partial charge on any atom is 0.335 e. The lowest BCUT2D eigenvalue weighted by atomic mass is 10.1. The molecule has 0 aromatic heterocycles. The van der Waals surface area contributed by atoms with Crippen LogP contribution < -0.4 is 0 Å². The third kappa shape index (κ3) is 2.32. The molecular weight excluding hydrogens is 184 g/mol. The summed E-state index contributed by atoms with van der Waals surface area (Å²) >= 11 is 0. The van der Waals surface area contributed by atoms with Gasteiger partial charge < -0.3 is 9.84 Å². The van der Waals surface area contributed by atoms with Crippen molar-refractivity contribution in [1.82, 2.24) is 0 Å². The Kier molecular flexibility index (Phi) is 3.23. The summed E-state index contributed by atoms with van der Waals surface area (Å²) in [5.74, 6) is -1.48. The van der Waals surface area contributed by atoms with E-state index < -0.39 is 11.9 Å². The van der Waals surface area contributed by atoms with Crippen LogP contribution in [0.1, 0.15) is 15.9 Å². The Bertz CT molecular complexity index is 357. The second-order valence-electron chi connectivity index (χ2n) is 2.72. The lowest BCUT2D eigenvalue weighted by Gasteiger charge is -2.03. The molecule has 0 amide bonds. The number of rotatable bonds is 3. The number of hydrogen-bond acceptors (Lipinski definition) is 3. The van der Waals surface area contributed by atoms with Crippen LogP contribution in [0.15, 0.2) is 24.3 Å². The van der Waals surface area contributed by atoms with Crippen molar-refractivity contribution in [2.75, 3.05) is 7.11 Å². The normalized spacial score (nSPS) is 9.50. The van der Waals surface area contributed by atoms with Gasteiger partial charge in [0.05, 0.1) is 19.1 Å². The standard InChI is InChI=1S/C10H10O4/c1-14-9(11)6-7-4-2-3-5-8(7)10(12)13/h2-5H,6H2,1H3,(H,12,13). The average molecular weight is 194 g/mol. The minimum absolute atomic E-state index is 0.0149. The van der Waals surface area contributed by atoms with Gasteiger partial charge >= 0.3 is 11.9 Å². The fourth-order valence-electron chi connectivity index (χ4n) is 1.11. The number of ether oxygens (including phenoxy) is 1. The number of carbonyl (C=O) groups excluding carboxylic acids is 1. The zero-order chi connectivity index (χ0) is 10.6. The third-order valence-corrected chi connectivity index (χ3v) is 1.81. The largest absolute Gasteiger partial charge is 0.478 e. The highest BCUT2D eigenvalue weighted by atomic mass is 16.5. The number of benzene rings is 1. The second kappa shape index (κ2) is 4.41. The molecule has 0 saturated carbocycles. The van der Waals surface area contributed by atoms with Crippen molar-refractivity contribution >= 4 is 11.9 Å². The van der Waals surface area contributed by atoms with Crippen molar-refractivity contribution in [2.24, 2.45) is 0 Å². The van der Waals surface area contributed by atoms with Gasteiger partial charge in [-0.15, -0.1) is 0 Å². The Morgan fingerprint density at radius 3 is 2.57 bits per heavy atom. The van der Waals surface area contributed by atoms with Crippen LogP contribution in [0.4, 0.5) is 0 Å². The summed E-state index contributed by atoms with van der Waals surface area (Å²) < 4.78 is 4.46. The Balaban J connectivity index is 2.95. The van der Waals surface area contributed by atoms with E-state index in [1.165, 1.54) is 13.2 Å². The summed E-state index contributed by atoms with van der Waals surface area (Å²) in [6.45, 7) is 0. The third-order valence-electron chi connectivity index (χ3n) is 1.81. The topological polar surface area (TPSA) is 63.6 Å². The zero-order valence-electron chi connectivity index (χ0n) is 7.69. The highest BCUT2D eigenvalue weighted by Crippen LogP contribution is 2.09. The minimum Gasteiger partial charge on any atom is -0.478 e. The first-order valence-corrected chi connectivity index (χ1v) is 4.03. The SMILES string of the molecule is COC(=O)Cc1ccccc1C(=O)O. The molecule has 0 aliphatic heterocycles. The summed E-state index contributed by atoms with van der Waals surface area (Å²) in [7, 11) is 1.27. The molecule has 4 heteroatoms. The van der Waals surface area contributed by atoms with Gasteiger partial charge in [-0.05, 0) is 11.6 Å². The van der Waals surface area contributed by atoms with E-state index in [1.54, 1.807) is 18.2 Å². The second-order valence-corrected chi connectivity index (χ2v) is 2.72. The maximum atomic E-state index is 10.9. The molecule has 0 atom stereocenters. The van der Waals surface area contributed by atoms with Gasteiger partial charge in [0.15, 0.2) is 0 Å². The van der Waals surface area contributed by atoms with E-state index in [4.69, 9.17) is 5.11 Å². The van der Waals surface area contributed by atoms with Crippen LogP contribution in [0.3, 0.4) is 0 Å². The predicted octanol–water partition coefficient (Wildman–Crippen LogP) is 1.10. The molecular formula is C10H10O4. The first-order chi connectivity index (χ1) is 6.65. The molecule has 0 heterocycles. The van der Waals surface area contributed by atoms with Crippen molar-refractivity contribution < 1.29 is 19.4 Å². The molecule has 0 radical (unpaired) electrons. The summed E-state index contributed by atoms with van der Waals surface area (Å²) in [5.41, 5.74) is 0.602. The maximum absolute atomic E-state index is 10.9. The smallest absolute Gasteiger partial charge is 0.335 e. The fourth-order valence-corrected chi connectivity index (χ4v) is 1.11. The monoisotopic (exact) mass is 194 g/mol. The molecule has 0 fully saturated rings. The molecule has 14 heavy (non-hydrogen) atoms. The summed E-state index contributed by atoms with van der Waals surface area (Å²) in [6.07, 6.45) is -0.0149. The molecule has 1 N–H and O–H groups in total. The van der Waals surface area contributed by atoms with E-state index in [9.17, 15) is 9.59 Å². The van der Waals surface area contributed by atoms with Crippen LogP contribution in [0.5, 0.6) is 0 Å². The fraction of sp³-hybridized carbons (Fsp3) is 0.200. The highest BCUT2D eigenvalue weighted by Gasteiger charge is 2.11. The van der Waals surface area contributed by atoms with Gasteiger partial charge in [0, 0.05) is 0 Å². The van der Waals surface area contributed by atoms with Crippen molar-refractivity contribution in [3.8, 4) is 0 Å². The molecule has 1 rings (SSSR count). The molecule has 0 spiro atoms. The van der Waals surface area contributed by atoms with Gasteiger partial charge in [0.1, 0.15) is 0 Å². The van der Waals surface area contributed by atoms with Crippen LogP contribution >= 0.6 is 0 Å². The van der Waals surface area contributed by atoms with Crippen molar-refractivity contribution in [1.29, 1.82) is 0 Å². The molecule has 4 nitrogen and oxygen atoms in total. The predicted molar refractivity (Wildman–Crippen MR) is 49.1 cm³/mol. The summed E-state index contributed by atoms with van der Waals surface area (Å²) in [4.78, 5) is 21.7.